The normalized spacial score (nSPS) is 34.6. The van der Waals surface area contributed by atoms with E-state index in [0.29, 0.717) is 0 Å². The van der Waals surface area contributed by atoms with Crippen LogP contribution in [0.4, 0.5) is 5.69 Å². The van der Waals surface area contributed by atoms with Crippen LogP contribution in [0.3, 0.4) is 0 Å². The Morgan fingerprint density at radius 3 is 2.12 bits per heavy atom. The summed E-state index contributed by atoms with van der Waals surface area (Å²) in [5.74, 6) is 0.338. The van der Waals surface area contributed by atoms with E-state index in [1.165, 1.54) is 17.7 Å². The summed E-state index contributed by atoms with van der Waals surface area (Å²) < 4.78 is 0. The van der Waals surface area contributed by atoms with Crippen molar-refractivity contribution in [1.82, 2.24) is 0 Å². The van der Waals surface area contributed by atoms with Gasteiger partial charge < -0.3 is 0 Å². The molecule has 1 saturated heterocycles. The molecule has 4 aliphatic rings. The van der Waals surface area contributed by atoms with E-state index in [4.69, 9.17) is 0 Å². The van der Waals surface area contributed by atoms with Crippen LogP contribution in [0.5, 0.6) is 0 Å². The van der Waals surface area contributed by atoms with Gasteiger partial charge in [-0.1, -0.05) is 48.6 Å². The Balaban J connectivity index is 1.50. The molecule has 3 nitrogen and oxygen atoms in total. The van der Waals surface area contributed by atoms with Gasteiger partial charge in [-0.05, 0) is 41.5 Å². The summed E-state index contributed by atoms with van der Waals surface area (Å²) >= 11 is 0. The van der Waals surface area contributed by atoms with E-state index in [0.717, 1.165) is 16.5 Å². The third-order valence-corrected chi connectivity index (χ3v) is 6.86. The van der Waals surface area contributed by atoms with Crippen molar-refractivity contribution in [3.8, 4) is 0 Å². The zero-order valence-electron chi connectivity index (χ0n) is 13.2. The van der Waals surface area contributed by atoms with Crippen LogP contribution in [0.25, 0.3) is 10.8 Å². The van der Waals surface area contributed by atoms with E-state index in [1.54, 1.807) is 0 Å². The van der Waals surface area contributed by atoms with Gasteiger partial charge in [-0.3, -0.25) is 9.59 Å². The molecule has 1 aliphatic heterocycles. The fourth-order valence-electron chi connectivity index (χ4n) is 5.72. The predicted octanol–water partition coefficient (Wildman–Crippen LogP) is 3.54. The summed E-state index contributed by atoms with van der Waals surface area (Å²) in [7, 11) is 0. The number of imide groups is 1. The molecular formula is C21H17NO2. The molecule has 2 saturated carbocycles. The Morgan fingerprint density at radius 1 is 0.833 bits per heavy atom. The van der Waals surface area contributed by atoms with Crippen molar-refractivity contribution in [2.45, 2.75) is 12.8 Å². The number of carbonyl (C=O) groups is 2. The van der Waals surface area contributed by atoms with E-state index < -0.39 is 0 Å². The van der Waals surface area contributed by atoms with Crippen LogP contribution >= 0.6 is 0 Å². The number of rotatable bonds is 1. The Hall–Kier alpha value is -2.42. The molecule has 0 aromatic heterocycles. The molecule has 0 radical (unpaired) electrons. The minimum absolute atomic E-state index is 0.0180. The van der Waals surface area contributed by atoms with Gasteiger partial charge in [-0.15, -0.1) is 0 Å². The van der Waals surface area contributed by atoms with Crippen molar-refractivity contribution in [3.63, 3.8) is 0 Å². The molecule has 118 valence electrons. The quantitative estimate of drug-likeness (QED) is 0.596. The number of benzene rings is 2. The molecular weight excluding hydrogens is 298 g/mol. The number of carbonyl (C=O) groups excluding carboxylic acids is 2. The van der Waals surface area contributed by atoms with Gasteiger partial charge in [0.1, 0.15) is 0 Å². The monoisotopic (exact) mass is 315 g/mol. The van der Waals surface area contributed by atoms with Crippen molar-refractivity contribution in [1.29, 1.82) is 0 Å². The van der Waals surface area contributed by atoms with E-state index in [1.807, 2.05) is 42.5 Å². The average Bonchev–Trinajstić information content (AvgIpc) is 3.20. The first-order valence-corrected chi connectivity index (χ1v) is 8.76. The van der Waals surface area contributed by atoms with E-state index in [9.17, 15) is 9.59 Å². The molecule has 6 rings (SSSR count). The summed E-state index contributed by atoms with van der Waals surface area (Å²) in [6, 6.07) is 13.8. The van der Waals surface area contributed by atoms with E-state index >= 15 is 0 Å². The summed E-state index contributed by atoms with van der Waals surface area (Å²) in [6.07, 6.45) is 6.79. The number of hydrogen-bond donors (Lipinski definition) is 0. The largest absolute Gasteiger partial charge is 0.274 e. The van der Waals surface area contributed by atoms with Gasteiger partial charge in [0.15, 0.2) is 0 Å². The standard InChI is InChI=1S/C21H17NO2/c23-19-17-14-8-9-15(21(14)10-11-21)18(17)20(24)22(19)16-7-3-5-12-4-1-2-6-13(12)16/h1-9,14-15,17-18H,10-11H2/t14-,15-,17-,18+/m0/s1. The van der Waals surface area contributed by atoms with E-state index in [-0.39, 0.29) is 40.9 Å². The van der Waals surface area contributed by atoms with Crippen LogP contribution in [-0.4, -0.2) is 11.8 Å². The molecule has 3 fully saturated rings. The minimum Gasteiger partial charge on any atom is -0.274 e. The van der Waals surface area contributed by atoms with Crippen molar-refractivity contribution in [3.05, 3.63) is 54.6 Å². The summed E-state index contributed by atoms with van der Waals surface area (Å²) in [4.78, 5) is 27.9. The van der Waals surface area contributed by atoms with Gasteiger partial charge in [0.25, 0.3) is 0 Å². The maximum atomic E-state index is 13.2. The summed E-state index contributed by atoms with van der Waals surface area (Å²) in [5.41, 5.74) is 1.01. The first kappa shape index (κ1) is 12.9. The Labute approximate surface area is 139 Å². The second-order valence-corrected chi connectivity index (χ2v) is 7.73. The van der Waals surface area contributed by atoms with Crippen LogP contribution in [0.2, 0.25) is 0 Å². The third kappa shape index (κ3) is 1.28. The maximum Gasteiger partial charge on any atom is 0.238 e. The fraction of sp³-hybridized carbons (Fsp3) is 0.333. The minimum atomic E-state index is -0.131. The molecule has 2 aromatic carbocycles. The average molecular weight is 315 g/mol. The van der Waals surface area contributed by atoms with Crippen molar-refractivity contribution in [2.24, 2.45) is 29.1 Å². The van der Waals surface area contributed by atoms with Gasteiger partial charge in [0.05, 0.1) is 17.5 Å². The number of hydrogen-bond acceptors (Lipinski definition) is 2. The molecule has 0 N–H and O–H groups in total. The zero-order chi connectivity index (χ0) is 16.1. The second kappa shape index (κ2) is 3.97. The van der Waals surface area contributed by atoms with Crippen molar-refractivity contribution in [2.75, 3.05) is 4.90 Å². The van der Waals surface area contributed by atoms with Gasteiger partial charge in [-0.2, -0.15) is 0 Å². The highest BCUT2D eigenvalue weighted by Crippen LogP contribution is 2.73. The number of fused-ring (bicyclic) bond motifs is 4. The SMILES string of the molecule is O=C1[C@@H]2[C@H](C(=O)N1c1cccc3ccccc13)[C@@H]1C=C[C@@H]2C12CC2. The zero-order valence-corrected chi connectivity index (χ0v) is 13.2. The summed E-state index contributed by atoms with van der Waals surface area (Å²) in [6.45, 7) is 0. The first-order chi connectivity index (χ1) is 11.7. The van der Waals surface area contributed by atoms with E-state index in [2.05, 4.69) is 12.2 Å². The highest BCUT2D eigenvalue weighted by atomic mass is 16.2. The molecule has 1 spiro atoms. The Kier molecular flexibility index (Phi) is 2.14. The molecule has 2 aromatic rings. The van der Waals surface area contributed by atoms with Crippen LogP contribution in [0.1, 0.15) is 12.8 Å². The van der Waals surface area contributed by atoms with Gasteiger partial charge >= 0.3 is 0 Å². The highest BCUT2D eigenvalue weighted by Gasteiger charge is 2.73. The highest BCUT2D eigenvalue weighted by molar-refractivity contribution is 6.25. The topological polar surface area (TPSA) is 37.4 Å². The Morgan fingerprint density at radius 2 is 1.46 bits per heavy atom. The van der Waals surface area contributed by atoms with Crippen molar-refractivity contribution < 1.29 is 9.59 Å². The van der Waals surface area contributed by atoms with Crippen LogP contribution < -0.4 is 4.90 Å². The van der Waals surface area contributed by atoms with Crippen LogP contribution in [-0.2, 0) is 9.59 Å². The third-order valence-electron chi connectivity index (χ3n) is 6.86. The lowest BCUT2D eigenvalue weighted by Gasteiger charge is -2.22. The molecule has 24 heavy (non-hydrogen) atoms. The molecule has 0 unspecified atom stereocenters. The van der Waals surface area contributed by atoms with Gasteiger partial charge in [0.2, 0.25) is 11.8 Å². The first-order valence-electron chi connectivity index (χ1n) is 8.76. The maximum absolute atomic E-state index is 13.2. The fourth-order valence-corrected chi connectivity index (χ4v) is 5.72. The number of amides is 2. The van der Waals surface area contributed by atoms with Crippen molar-refractivity contribution >= 4 is 28.3 Å². The summed E-state index contributed by atoms with van der Waals surface area (Å²) in [5, 5.41) is 2.04. The lowest BCUT2D eigenvalue weighted by Crippen LogP contribution is -2.34. The smallest absolute Gasteiger partial charge is 0.238 e. The number of allylic oxidation sites excluding steroid dienone is 2. The van der Waals surface area contributed by atoms with Crippen LogP contribution in [0.15, 0.2) is 54.6 Å². The number of nitrogens with zero attached hydrogens (tertiary/aromatic N) is 1. The predicted molar refractivity (Wildman–Crippen MR) is 91.2 cm³/mol. The lowest BCUT2D eigenvalue weighted by molar-refractivity contribution is -0.123. The van der Waals surface area contributed by atoms with Gasteiger partial charge in [0, 0.05) is 5.39 Å². The number of anilines is 1. The molecule has 3 aliphatic carbocycles. The second-order valence-electron chi connectivity index (χ2n) is 7.73. The lowest BCUT2D eigenvalue weighted by atomic mass is 9.85. The molecule has 2 bridgehead atoms. The molecule has 3 heteroatoms. The van der Waals surface area contributed by atoms with Crippen LogP contribution in [0, 0.1) is 29.1 Å². The molecule has 1 heterocycles. The molecule has 2 amide bonds. The Bertz CT molecular complexity index is 916. The van der Waals surface area contributed by atoms with Gasteiger partial charge in [-0.25, -0.2) is 4.90 Å². The molecule has 4 atom stereocenters.